The maximum Gasteiger partial charge on any atom is 0.262 e. The van der Waals surface area contributed by atoms with E-state index in [2.05, 4.69) is 21.2 Å². The molecule has 0 fully saturated rings. The molecule has 0 bridgehead atoms. The van der Waals surface area contributed by atoms with E-state index in [1.165, 1.54) is 0 Å². The molecule has 126 valence electrons. The van der Waals surface area contributed by atoms with E-state index < -0.39 is 0 Å². The molecule has 0 saturated heterocycles. The molecule has 1 amide bonds. The van der Waals surface area contributed by atoms with Crippen LogP contribution in [-0.4, -0.2) is 25.4 Å². The first-order valence-electron chi connectivity index (χ1n) is 7.44. The monoisotopic (exact) mass is 391 g/mol. The van der Waals surface area contributed by atoms with Gasteiger partial charge in [0.15, 0.2) is 18.1 Å². The second-order valence-electron chi connectivity index (χ2n) is 5.08. The van der Waals surface area contributed by atoms with Crippen LogP contribution in [0.5, 0.6) is 11.5 Å². The highest BCUT2D eigenvalue weighted by Gasteiger charge is 2.14. The number of benzene rings is 2. The molecule has 0 spiro atoms. The average molecular weight is 392 g/mol. The fourth-order valence-corrected chi connectivity index (χ4v) is 2.60. The van der Waals surface area contributed by atoms with Crippen LogP contribution < -0.4 is 14.8 Å². The standard InChI is InChI=1S/C18H18BrNO4/c1-3-23-16-9-13(10-21)8-15(19)18(16)24-11-17(22)20-14-6-4-12(2)5-7-14/h4-10H,3,11H2,1-2H3,(H,20,22). The molecule has 24 heavy (non-hydrogen) atoms. The summed E-state index contributed by atoms with van der Waals surface area (Å²) < 4.78 is 11.6. The number of hydrogen-bond acceptors (Lipinski definition) is 4. The fourth-order valence-electron chi connectivity index (χ4n) is 2.03. The largest absolute Gasteiger partial charge is 0.490 e. The van der Waals surface area contributed by atoms with Gasteiger partial charge >= 0.3 is 0 Å². The zero-order chi connectivity index (χ0) is 17.5. The predicted octanol–water partition coefficient (Wildman–Crippen LogP) is 3.99. The Labute approximate surface area is 149 Å². The van der Waals surface area contributed by atoms with Crippen molar-refractivity contribution >= 4 is 33.8 Å². The van der Waals surface area contributed by atoms with E-state index in [1.807, 2.05) is 38.1 Å². The van der Waals surface area contributed by atoms with Gasteiger partial charge in [0.2, 0.25) is 0 Å². The van der Waals surface area contributed by atoms with Crippen molar-refractivity contribution in [1.29, 1.82) is 0 Å². The van der Waals surface area contributed by atoms with Gasteiger partial charge in [0.25, 0.3) is 5.91 Å². The molecule has 0 aliphatic heterocycles. The number of anilines is 1. The lowest BCUT2D eigenvalue weighted by atomic mass is 10.2. The number of hydrogen-bond donors (Lipinski definition) is 1. The smallest absolute Gasteiger partial charge is 0.262 e. The van der Waals surface area contributed by atoms with Crippen molar-refractivity contribution in [2.45, 2.75) is 13.8 Å². The second-order valence-corrected chi connectivity index (χ2v) is 5.94. The van der Waals surface area contributed by atoms with Crippen LogP contribution >= 0.6 is 15.9 Å². The molecule has 0 aliphatic rings. The van der Waals surface area contributed by atoms with Gasteiger partial charge < -0.3 is 14.8 Å². The highest BCUT2D eigenvalue weighted by Crippen LogP contribution is 2.36. The molecule has 0 aliphatic carbocycles. The van der Waals surface area contributed by atoms with E-state index in [9.17, 15) is 9.59 Å². The Hall–Kier alpha value is -2.34. The van der Waals surface area contributed by atoms with Gasteiger partial charge in [-0.15, -0.1) is 0 Å². The molecular weight excluding hydrogens is 374 g/mol. The van der Waals surface area contributed by atoms with Crippen LogP contribution in [0.4, 0.5) is 5.69 Å². The third kappa shape index (κ3) is 4.83. The summed E-state index contributed by atoms with van der Waals surface area (Å²) in [6, 6.07) is 10.7. The van der Waals surface area contributed by atoms with Gasteiger partial charge in [0.1, 0.15) is 6.29 Å². The first-order valence-corrected chi connectivity index (χ1v) is 8.23. The van der Waals surface area contributed by atoms with Gasteiger partial charge in [-0.2, -0.15) is 0 Å². The molecule has 0 aromatic heterocycles. The summed E-state index contributed by atoms with van der Waals surface area (Å²) in [5.74, 6) is 0.520. The molecule has 2 aromatic rings. The molecule has 6 heteroatoms. The Morgan fingerprint density at radius 1 is 1.21 bits per heavy atom. The van der Waals surface area contributed by atoms with Crippen LogP contribution in [0.3, 0.4) is 0 Å². The van der Waals surface area contributed by atoms with Gasteiger partial charge in [-0.05, 0) is 54.0 Å². The minimum Gasteiger partial charge on any atom is -0.490 e. The summed E-state index contributed by atoms with van der Waals surface area (Å²) in [5.41, 5.74) is 2.28. The molecule has 0 saturated carbocycles. The number of amides is 1. The van der Waals surface area contributed by atoms with Crippen LogP contribution in [0.2, 0.25) is 0 Å². The lowest BCUT2D eigenvalue weighted by molar-refractivity contribution is -0.118. The first-order chi connectivity index (χ1) is 11.5. The summed E-state index contributed by atoms with van der Waals surface area (Å²) in [4.78, 5) is 23.0. The molecule has 1 N–H and O–H groups in total. The number of aryl methyl sites for hydroxylation is 1. The van der Waals surface area contributed by atoms with E-state index in [-0.39, 0.29) is 12.5 Å². The topological polar surface area (TPSA) is 64.6 Å². The van der Waals surface area contributed by atoms with E-state index in [0.29, 0.717) is 33.8 Å². The Morgan fingerprint density at radius 3 is 2.54 bits per heavy atom. The van der Waals surface area contributed by atoms with E-state index in [4.69, 9.17) is 9.47 Å². The number of halogens is 1. The lowest BCUT2D eigenvalue weighted by Crippen LogP contribution is -2.20. The molecule has 2 aromatic carbocycles. The number of rotatable bonds is 7. The van der Waals surface area contributed by atoms with Crippen molar-refractivity contribution in [3.8, 4) is 11.5 Å². The minimum absolute atomic E-state index is 0.174. The first kappa shape index (κ1) is 18.0. The normalized spacial score (nSPS) is 10.1. The molecule has 0 unspecified atom stereocenters. The van der Waals surface area contributed by atoms with E-state index in [0.717, 1.165) is 11.8 Å². The van der Waals surface area contributed by atoms with Crippen molar-refractivity contribution in [2.24, 2.45) is 0 Å². The van der Waals surface area contributed by atoms with E-state index in [1.54, 1.807) is 12.1 Å². The maximum atomic E-state index is 12.0. The fraction of sp³-hybridized carbons (Fsp3) is 0.222. The van der Waals surface area contributed by atoms with Gasteiger partial charge in [-0.25, -0.2) is 0 Å². The summed E-state index contributed by atoms with van der Waals surface area (Å²) in [6.45, 7) is 4.05. The Bertz CT molecular complexity index is 729. The van der Waals surface area contributed by atoms with Crippen LogP contribution in [-0.2, 0) is 4.79 Å². The predicted molar refractivity (Wildman–Crippen MR) is 96.0 cm³/mol. The number of carbonyl (C=O) groups excluding carboxylic acids is 2. The van der Waals surface area contributed by atoms with Crippen molar-refractivity contribution in [1.82, 2.24) is 0 Å². The maximum absolute atomic E-state index is 12.0. The Kier molecular flexibility index (Phi) is 6.37. The molecule has 0 heterocycles. The van der Waals surface area contributed by atoms with Crippen molar-refractivity contribution in [3.63, 3.8) is 0 Å². The zero-order valence-corrected chi connectivity index (χ0v) is 15.1. The highest BCUT2D eigenvalue weighted by molar-refractivity contribution is 9.10. The Morgan fingerprint density at radius 2 is 1.92 bits per heavy atom. The second kappa shape index (κ2) is 8.49. The molecule has 2 rings (SSSR count). The molecular formula is C18H18BrNO4. The minimum atomic E-state index is -0.285. The van der Waals surface area contributed by atoms with Crippen molar-refractivity contribution < 1.29 is 19.1 Å². The zero-order valence-electron chi connectivity index (χ0n) is 13.5. The summed E-state index contributed by atoms with van der Waals surface area (Å²) >= 11 is 3.34. The molecule has 0 atom stereocenters. The summed E-state index contributed by atoms with van der Waals surface area (Å²) in [7, 11) is 0. The third-order valence-corrected chi connectivity index (χ3v) is 3.74. The van der Waals surface area contributed by atoms with Gasteiger partial charge in [-0.3, -0.25) is 9.59 Å². The van der Waals surface area contributed by atoms with Gasteiger partial charge in [0, 0.05) is 11.3 Å². The number of ether oxygens (including phenoxy) is 2. The summed E-state index contributed by atoms with van der Waals surface area (Å²) in [6.07, 6.45) is 0.723. The van der Waals surface area contributed by atoms with Crippen LogP contribution in [0.1, 0.15) is 22.8 Å². The molecule has 0 radical (unpaired) electrons. The quantitative estimate of drug-likeness (QED) is 0.724. The van der Waals surface area contributed by atoms with Crippen molar-refractivity contribution in [3.05, 3.63) is 52.0 Å². The van der Waals surface area contributed by atoms with Crippen LogP contribution in [0.25, 0.3) is 0 Å². The van der Waals surface area contributed by atoms with Gasteiger partial charge in [-0.1, -0.05) is 17.7 Å². The Balaban J connectivity index is 2.06. The molecule has 5 nitrogen and oxygen atoms in total. The lowest BCUT2D eigenvalue weighted by Gasteiger charge is -2.14. The number of aldehydes is 1. The van der Waals surface area contributed by atoms with Gasteiger partial charge in [0.05, 0.1) is 11.1 Å². The SMILES string of the molecule is CCOc1cc(C=O)cc(Br)c1OCC(=O)Nc1ccc(C)cc1. The highest BCUT2D eigenvalue weighted by atomic mass is 79.9. The van der Waals surface area contributed by atoms with Crippen molar-refractivity contribution in [2.75, 3.05) is 18.5 Å². The average Bonchev–Trinajstić information content (AvgIpc) is 2.56. The number of nitrogens with one attached hydrogen (secondary N) is 1. The number of carbonyl (C=O) groups is 2. The van der Waals surface area contributed by atoms with Crippen LogP contribution in [0.15, 0.2) is 40.9 Å². The van der Waals surface area contributed by atoms with Crippen LogP contribution in [0, 0.1) is 6.92 Å². The van der Waals surface area contributed by atoms with E-state index >= 15 is 0 Å². The summed E-state index contributed by atoms with van der Waals surface area (Å²) in [5, 5.41) is 2.76. The third-order valence-electron chi connectivity index (χ3n) is 3.15.